The van der Waals surface area contributed by atoms with Gasteiger partial charge >= 0.3 is 0 Å². The highest BCUT2D eigenvalue weighted by molar-refractivity contribution is 6.30. The molecular weight excluding hydrogens is 369 g/mol. The first-order valence-electron chi connectivity index (χ1n) is 8.57. The zero-order valence-electron chi connectivity index (χ0n) is 14.5. The molecular formula is C20H19ClFN3O2. The molecule has 0 saturated carbocycles. The van der Waals surface area contributed by atoms with Gasteiger partial charge in [-0.15, -0.1) is 0 Å². The SMILES string of the molecule is NC(=O)c1ccc(N2CCCC2)c(NC(=O)/C=C/c2ccc(F)c(Cl)c2)c1. The van der Waals surface area contributed by atoms with Gasteiger partial charge in [-0.2, -0.15) is 0 Å². The molecule has 2 aromatic rings. The van der Waals surface area contributed by atoms with Crippen molar-refractivity contribution in [1.82, 2.24) is 0 Å². The molecule has 2 amide bonds. The minimum absolute atomic E-state index is 0.0111. The first-order valence-corrected chi connectivity index (χ1v) is 8.95. The molecule has 3 N–H and O–H groups in total. The number of nitrogens with two attached hydrogens (primary N) is 1. The molecule has 27 heavy (non-hydrogen) atoms. The lowest BCUT2D eigenvalue weighted by atomic mass is 10.1. The van der Waals surface area contributed by atoms with Gasteiger partial charge in [0.15, 0.2) is 0 Å². The quantitative estimate of drug-likeness (QED) is 0.765. The van der Waals surface area contributed by atoms with Crippen LogP contribution in [-0.2, 0) is 4.79 Å². The topological polar surface area (TPSA) is 75.4 Å². The Morgan fingerprint density at radius 1 is 1.15 bits per heavy atom. The van der Waals surface area contributed by atoms with Gasteiger partial charge in [0, 0.05) is 24.7 Å². The molecule has 0 aliphatic carbocycles. The van der Waals surface area contributed by atoms with Gasteiger partial charge in [-0.1, -0.05) is 17.7 Å². The van der Waals surface area contributed by atoms with Crippen LogP contribution in [0.3, 0.4) is 0 Å². The van der Waals surface area contributed by atoms with E-state index in [0.29, 0.717) is 16.8 Å². The van der Waals surface area contributed by atoms with Crippen LogP contribution in [0.1, 0.15) is 28.8 Å². The predicted octanol–water partition coefficient (Wildman–Crippen LogP) is 3.83. The maximum Gasteiger partial charge on any atom is 0.248 e. The lowest BCUT2D eigenvalue weighted by molar-refractivity contribution is -0.111. The Labute approximate surface area is 161 Å². The summed E-state index contributed by atoms with van der Waals surface area (Å²) in [6, 6.07) is 9.23. The molecule has 3 rings (SSSR count). The largest absolute Gasteiger partial charge is 0.370 e. The average molecular weight is 388 g/mol. The predicted molar refractivity (Wildman–Crippen MR) is 105 cm³/mol. The van der Waals surface area contributed by atoms with E-state index < -0.39 is 11.7 Å². The number of nitrogens with zero attached hydrogens (tertiary/aromatic N) is 1. The first kappa shape index (κ1) is 18.9. The number of primary amides is 1. The minimum atomic E-state index is -0.560. The Bertz CT molecular complexity index is 908. The molecule has 7 heteroatoms. The Hall–Kier alpha value is -2.86. The molecule has 1 aliphatic heterocycles. The molecule has 0 unspecified atom stereocenters. The van der Waals surface area contributed by atoms with Crippen molar-refractivity contribution in [3.63, 3.8) is 0 Å². The fraction of sp³-hybridized carbons (Fsp3) is 0.200. The summed E-state index contributed by atoms with van der Waals surface area (Å²) in [5, 5.41) is 2.79. The maximum absolute atomic E-state index is 13.2. The molecule has 1 aliphatic rings. The van der Waals surface area contributed by atoms with Crippen LogP contribution in [0.2, 0.25) is 5.02 Å². The number of hydrogen-bond donors (Lipinski definition) is 2. The lowest BCUT2D eigenvalue weighted by Gasteiger charge is -2.21. The molecule has 0 spiro atoms. The van der Waals surface area contributed by atoms with Crippen molar-refractivity contribution in [2.24, 2.45) is 5.73 Å². The summed E-state index contributed by atoms with van der Waals surface area (Å²) in [5.74, 6) is -1.45. The van der Waals surface area contributed by atoms with E-state index in [9.17, 15) is 14.0 Å². The van der Waals surface area contributed by atoms with Crippen molar-refractivity contribution in [2.75, 3.05) is 23.3 Å². The summed E-state index contributed by atoms with van der Waals surface area (Å²) in [7, 11) is 0. The van der Waals surface area contributed by atoms with Crippen molar-refractivity contribution in [1.29, 1.82) is 0 Å². The van der Waals surface area contributed by atoms with Crippen LogP contribution in [0.15, 0.2) is 42.5 Å². The van der Waals surface area contributed by atoms with E-state index in [4.69, 9.17) is 17.3 Å². The van der Waals surface area contributed by atoms with Crippen LogP contribution in [0.5, 0.6) is 0 Å². The Balaban J connectivity index is 1.80. The molecule has 0 atom stereocenters. The van der Waals surface area contributed by atoms with Crippen molar-refractivity contribution in [2.45, 2.75) is 12.8 Å². The van der Waals surface area contributed by atoms with Gasteiger partial charge in [-0.25, -0.2) is 4.39 Å². The third-order valence-corrected chi connectivity index (χ3v) is 4.65. The number of benzene rings is 2. The Morgan fingerprint density at radius 2 is 1.89 bits per heavy atom. The highest BCUT2D eigenvalue weighted by Crippen LogP contribution is 2.30. The number of carbonyl (C=O) groups is 2. The number of anilines is 2. The fourth-order valence-electron chi connectivity index (χ4n) is 2.99. The minimum Gasteiger partial charge on any atom is -0.370 e. The zero-order chi connectivity index (χ0) is 19.4. The normalized spacial score (nSPS) is 13.9. The second-order valence-corrected chi connectivity index (χ2v) is 6.69. The second-order valence-electron chi connectivity index (χ2n) is 6.29. The van der Waals surface area contributed by atoms with Crippen molar-refractivity contribution in [3.8, 4) is 0 Å². The van der Waals surface area contributed by atoms with E-state index in [1.54, 1.807) is 18.2 Å². The molecule has 140 valence electrons. The van der Waals surface area contributed by atoms with Crippen LogP contribution in [0.25, 0.3) is 6.08 Å². The summed E-state index contributed by atoms with van der Waals surface area (Å²) in [6.45, 7) is 1.78. The summed E-state index contributed by atoms with van der Waals surface area (Å²) in [6.07, 6.45) is 5.02. The monoisotopic (exact) mass is 387 g/mol. The maximum atomic E-state index is 13.2. The number of rotatable bonds is 5. The van der Waals surface area contributed by atoms with E-state index in [-0.39, 0.29) is 10.9 Å². The van der Waals surface area contributed by atoms with E-state index in [0.717, 1.165) is 31.6 Å². The standard InChI is InChI=1S/C20H19ClFN3O2/c21-15-11-13(3-6-16(15)22)4-8-19(26)24-17-12-14(20(23)27)5-7-18(17)25-9-1-2-10-25/h3-8,11-12H,1-2,9-10H2,(H2,23,27)(H,24,26)/b8-4+. The number of amides is 2. The molecule has 0 radical (unpaired) electrons. The van der Waals surface area contributed by atoms with Crippen LogP contribution >= 0.6 is 11.6 Å². The lowest BCUT2D eigenvalue weighted by Crippen LogP contribution is -2.21. The van der Waals surface area contributed by atoms with Gasteiger partial charge in [0.05, 0.1) is 16.4 Å². The van der Waals surface area contributed by atoms with E-state index in [1.807, 2.05) is 0 Å². The summed E-state index contributed by atoms with van der Waals surface area (Å²) in [4.78, 5) is 26.0. The van der Waals surface area contributed by atoms with Crippen molar-refractivity contribution >= 4 is 40.9 Å². The Kier molecular flexibility index (Phi) is 5.76. The highest BCUT2D eigenvalue weighted by atomic mass is 35.5. The smallest absolute Gasteiger partial charge is 0.248 e. The van der Waals surface area contributed by atoms with Gasteiger partial charge in [-0.05, 0) is 54.8 Å². The van der Waals surface area contributed by atoms with Crippen molar-refractivity contribution in [3.05, 3.63) is 64.4 Å². The van der Waals surface area contributed by atoms with Crippen LogP contribution in [-0.4, -0.2) is 24.9 Å². The number of halogens is 2. The van der Waals surface area contributed by atoms with E-state index in [1.165, 1.54) is 30.4 Å². The number of carbonyl (C=O) groups excluding carboxylic acids is 2. The first-order chi connectivity index (χ1) is 12.9. The highest BCUT2D eigenvalue weighted by Gasteiger charge is 2.18. The number of nitrogens with one attached hydrogen (secondary N) is 1. The third kappa shape index (κ3) is 4.65. The van der Waals surface area contributed by atoms with E-state index >= 15 is 0 Å². The average Bonchev–Trinajstić information content (AvgIpc) is 3.17. The molecule has 5 nitrogen and oxygen atoms in total. The summed E-state index contributed by atoms with van der Waals surface area (Å²) in [5.41, 5.74) is 7.66. The number of hydrogen-bond acceptors (Lipinski definition) is 3. The van der Waals surface area contributed by atoms with Gasteiger partial charge < -0.3 is 16.0 Å². The molecule has 2 aromatic carbocycles. The van der Waals surface area contributed by atoms with Crippen molar-refractivity contribution < 1.29 is 14.0 Å². The van der Waals surface area contributed by atoms with Crippen LogP contribution < -0.4 is 16.0 Å². The zero-order valence-corrected chi connectivity index (χ0v) is 15.3. The molecule has 0 bridgehead atoms. The Morgan fingerprint density at radius 3 is 2.56 bits per heavy atom. The molecule has 0 aromatic heterocycles. The van der Waals surface area contributed by atoms with Crippen LogP contribution in [0, 0.1) is 5.82 Å². The molecule has 1 heterocycles. The van der Waals surface area contributed by atoms with E-state index in [2.05, 4.69) is 10.2 Å². The molecule has 1 fully saturated rings. The summed E-state index contributed by atoms with van der Waals surface area (Å²) < 4.78 is 13.2. The summed E-state index contributed by atoms with van der Waals surface area (Å²) >= 11 is 5.74. The van der Waals surface area contributed by atoms with Crippen LogP contribution in [0.4, 0.5) is 15.8 Å². The fourth-order valence-corrected chi connectivity index (χ4v) is 3.17. The van der Waals surface area contributed by atoms with Gasteiger partial charge in [-0.3, -0.25) is 9.59 Å². The van der Waals surface area contributed by atoms with Gasteiger partial charge in [0.1, 0.15) is 5.82 Å². The second kappa shape index (κ2) is 8.22. The van der Waals surface area contributed by atoms with Gasteiger partial charge in [0.2, 0.25) is 11.8 Å². The van der Waals surface area contributed by atoms with Gasteiger partial charge in [0.25, 0.3) is 0 Å². The molecule has 1 saturated heterocycles. The third-order valence-electron chi connectivity index (χ3n) is 4.36.